The number of nitrogens with zero attached hydrogens (tertiary/aromatic N) is 2. The first-order chi connectivity index (χ1) is 12.8. The third-order valence-corrected chi connectivity index (χ3v) is 4.52. The second-order valence-corrected chi connectivity index (χ2v) is 7.49. The van der Waals surface area contributed by atoms with Crippen LogP contribution in [-0.2, 0) is 9.59 Å². The minimum absolute atomic E-state index is 0.100. The van der Waals surface area contributed by atoms with Gasteiger partial charge in [-0.2, -0.15) is 5.26 Å². The zero-order valence-corrected chi connectivity index (χ0v) is 15.4. The van der Waals surface area contributed by atoms with E-state index >= 15 is 0 Å². The van der Waals surface area contributed by atoms with E-state index in [1.54, 1.807) is 45.0 Å². The number of benzene rings is 2. The third kappa shape index (κ3) is 3.22. The summed E-state index contributed by atoms with van der Waals surface area (Å²) in [5.74, 6) is -1.42. The minimum Gasteiger partial charge on any atom is -0.503 e. The molecule has 5 heteroatoms. The molecular formula is C22H20N2O3. The third-order valence-electron chi connectivity index (χ3n) is 4.52. The van der Waals surface area contributed by atoms with Crippen LogP contribution in [0.5, 0.6) is 0 Å². The van der Waals surface area contributed by atoms with Gasteiger partial charge in [-0.1, -0.05) is 51.1 Å². The van der Waals surface area contributed by atoms with Crippen molar-refractivity contribution in [2.24, 2.45) is 5.41 Å². The van der Waals surface area contributed by atoms with Crippen LogP contribution < -0.4 is 4.90 Å². The summed E-state index contributed by atoms with van der Waals surface area (Å²) in [6, 6.07) is 16.9. The van der Waals surface area contributed by atoms with Crippen LogP contribution in [0, 0.1) is 16.7 Å². The number of hydrogen-bond acceptors (Lipinski definition) is 4. The number of rotatable bonds is 3. The molecule has 0 spiro atoms. The Kier molecular flexibility index (Phi) is 4.59. The van der Waals surface area contributed by atoms with Gasteiger partial charge in [0.25, 0.3) is 5.91 Å². The molecule has 1 aliphatic rings. The minimum atomic E-state index is -0.753. The lowest BCUT2D eigenvalue weighted by Gasteiger charge is -2.29. The first-order valence-electron chi connectivity index (χ1n) is 8.62. The number of Topliss-reactive ketones (excluding diaryl/α,β-unsaturated/α-hetero) is 1. The van der Waals surface area contributed by atoms with E-state index in [1.165, 1.54) is 4.90 Å². The Hall–Kier alpha value is -3.39. The summed E-state index contributed by atoms with van der Waals surface area (Å²) >= 11 is 0. The van der Waals surface area contributed by atoms with Crippen molar-refractivity contribution in [1.82, 2.24) is 0 Å². The summed E-state index contributed by atoms with van der Waals surface area (Å²) in [5.41, 5.74) is 1.05. The lowest BCUT2D eigenvalue weighted by Crippen LogP contribution is -2.32. The van der Waals surface area contributed by atoms with E-state index in [0.717, 1.165) is 5.56 Å². The van der Waals surface area contributed by atoms with Crippen molar-refractivity contribution < 1.29 is 14.7 Å². The van der Waals surface area contributed by atoms with Crippen molar-refractivity contribution in [2.75, 3.05) is 4.90 Å². The number of carbonyl (C=O) groups is 2. The Labute approximate surface area is 158 Å². The van der Waals surface area contributed by atoms with Gasteiger partial charge in [0.15, 0.2) is 11.5 Å². The Bertz CT molecular complexity index is 961. The highest BCUT2D eigenvalue weighted by Crippen LogP contribution is 2.43. The second-order valence-electron chi connectivity index (χ2n) is 7.49. The number of ketones is 1. The van der Waals surface area contributed by atoms with Crippen LogP contribution in [0.4, 0.5) is 5.69 Å². The van der Waals surface area contributed by atoms with Crippen molar-refractivity contribution in [3.63, 3.8) is 0 Å². The highest BCUT2D eigenvalue weighted by atomic mass is 16.3. The number of amides is 1. The van der Waals surface area contributed by atoms with E-state index in [0.29, 0.717) is 11.3 Å². The molecule has 2 aromatic carbocycles. The fraction of sp³-hybridized carbons (Fsp3) is 0.227. The first kappa shape index (κ1) is 18.4. The quantitative estimate of drug-likeness (QED) is 0.894. The van der Waals surface area contributed by atoms with Gasteiger partial charge in [-0.25, -0.2) is 0 Å². The highest BCUT2D eigenvalue weighted by molar-refractivity contribution is 6.17. The summed E-state index contributed by atoms with van der Waals surface area (Å²) in [6.07, 6.45) is 0. The molecule has 1 amide bonds. The van der Waals surface area contributed by atoms with Crippen molar-refractivity contribution in [2.45, 2.75) is 26.8 Å². The molecule has 1 unspecified atom stereocenters. The van der Waals surface area contributed by atoms with Gasteiger partial charge in [-0.3, -0.25) is 14.5 Å². The van der Waals surface area contributed by atoms with Crippen LogP contribution in [0.2, 0.25) is 0 Å². The average Bonchev–Trinajstić information content (AvgIpc) is 2.92. The summed E-state index contributed by atoms with van der Waals surface area (Å²) in [6.45, 7) is 5.27. The zero-order chi connectivity index (χ0) is 19.8. The summed E-state index contributed by atoms with van der Waals surface area (Å²) in [5, 5.41) is 19.6. The zero-order valence-electron chi connectivity index (χ0n) is 15.4. The maximum Gasteiger partial charge on any atom is 0.294 e. The fourth-order valence-electron chi connectivity index (χ4n) is 3.15. The smallest absolute Gasteiger partial charge is 0.294 e. The predicted octanol–water partition coefficient (Wildman–Crippen LogP) is 4.07. The monoisotopic (exact) mass is 360 g/mol. The lowest BCUT2D eigenvalue weighted by molar-refractivity contribution is -0.123. The van der Waals surface area contributed by atoms with E-state index in [1.807, 2.05) is 36.4 Å². The van der Waals surface area contributed by atoms with Gasteiger partial charge < -0.3 is 5.11 Å². The van der Waals surface area contributed by atoms with Crippen LogP contribution in [0.15, 0.2) is 65.9 Å². The van der Waals surface area contributed by atoms with Gasteiger partial charge in [0, 0.05) is 11.1 Å². The maximum absolute atomic E-state index is 13.0. The molecule has 1 N–H and O–H groups in total. The number of aliphatic hydroxyl groups excluding tert-OH is 1. The molecule has 1 atom stereocenters. The average molecular weight is 360 g/mol. The Morgan fingerprint density at radius 2 is 1.67 bits per heavy atom. The second kappa shape index (κ2) is 6.73. The van der Waals surface area contributed by atoms with Gasteiger partial charge in [-0.15, -0.1) is 0 Å². The molecule has 2 aromatic rings. The molecule has 27 heavy (non-hydrogen) atoms. The topological polar surface area (TPSA) is 81.4 Å². The van der Waals surface area contributed by atoms with E-state index in [4.69, 9.17) is 5.26 Å². The molecule has 1 heterocycles. The molecule has 0 radical (unpaired) electrons. The van der Waals surface area contributed by atoms with Crippen LogP contribution >= 0.6 is 0 Å². The van der Waals surface area contributed by atoms with Crippen molar-refractivity contribution in [3.8, 4) is 6.07 Å². The normalized spacial score (nSPS) is 17.2. The summed E-state index contributed by atoms with van der Waals surface area (Å²) in [4.78, 5) is 27.3. The van der Waals surface area contributed by atoms with Crippen LogP contribution in [0.3, 0.4) is 0 Å². The van der Waals surface area contributed by atoms with Gasteiger partial charge >= 0.3 is 0 Å². The molecule has 0 aliphatic carbocycles. The molecule has 0 fully saturated rings. The fourth-order valence-corrected chi connectivity index (χ4v) is 3.15. The molecule has 0 saturated heterocycles. The van der Waals surface area contributed by atoms with Crippen molar-refractivity contribution >= 4 is 17.4 Å². The van der Waals surface area contributed by atoms with Gasteiger partial charge in [0.05, 0.1) is 23.2 Å². The molecule has 1 aliphatic heterocycles. The van der Waals surface area contributed by atoms with Crippen LogP contribution in [0.1, 0.15) is 37.9 Å². The number of anilines is 1. The van der Waals surface area contributed by atoms with E-state index in [9.17, 15) is 14.7 Å². The van der Waals surface area contributed by atoms with Crippen molar-refractivity contribution in [3.05, 3.63) is 77.1 Å². The molecule has 136 valence electrons. The van der Waals surface area contributed by atoms with Crippen LogP contribution in [-0.4, -0.2) is 16.8 Å². The molecular weight excluding hydrogens is 340 g/mol. The predicted molar refractivity (Wildman–Crippen MR) is 102 cm³/mol. The first-order valence-corrected chi connectivity index (χ1v) is 8.62. The lowest BCUT2D eigenvalue weighted by atomic mass is 9.82. The summed E-state index contributed by atoms with van der Waals surface area (Å²) < 4.78 is 0. The number of hydrogen-bond donors (Lipinski definition) is 1. The summed E-state index contributed by atoms with van der Waals surface area (Å²) in [7, 11) is 0. The molecule has 5 nitrogen and oxygen atoms in total. The molecule has 0 aromatic heterocycles. The number of nitriles is 1. The van der Waals surface area contributed by atoms with Crippen molar-refractivity contribution in [1.29, 1.82) is 5.26 Å². The van der Waals surface area contributed by atoms with E-state index < -0.39 is 23.1 Å². The van der Waals surface area contributed by atoms with Crippen LogP contribution in [0.25, 0.3) is 0 Å². The standard InChI is InChI=1S/C22H20N2O3/c1-22(2,3)20(26)17-18(15-7-5-4-6-8-15)24(21(27)19(17)25)16-11-9-14(13-23)10-12-16/h4-12,18,25H,1-3H3. The SMILES string of the molecule is CC(C)(C)C(=O)C1=C(O)C(=O)N(c2ccc(C#N)cc2)C1c1ccccc1. The number of aliphatic hydroxyl groups is 1. The Morgan fingerprint density at radius 3 is 2.19 bits per heavy atom. The van der Waals surface area contributed by atoms with Gasteiger partial charge in [0.1, 0.15) is 0 Å². The maximum atomic E-state index is 13.0. The molecule has 0 bridgehead atoms. The number of carbonyl (C=O) groups excluding carboxylic acids is 2. The van der Waals surface area contributed by atoms with Gasteiger partial charge in [0.2, 0.25) is 0 Å². The van der Waals surface area contributed by atoms with E-state index in [-0.39, 0.29) is 11.4 Å². The Balaban J connectivity index is 2.18. The Morgan fingerprint density at radius 1 is 1.07 bits per heavy atom. The molecule has 0 saturated carbocycles. The molecule has 3 rings (SSSR count). The highest BCUT2D eigenvalue weighted by Gasteiger charge is 2.46. The van der Waals surface area contributed by atoms with Gasteiger partial charge in [-0.05, 0) is 29.8 Å². The largest absolute Gasteiger partial charge is 0.503 e. The van der Waals surface area contributed by atoms with E-state index in [2.05, 4.69) is 0 Å².